The Morgan fingerprint density at radius 2 is 0.816 bits per heavy atom. The van der Waals surface area contributed by atoms with Crippen molar-refractivity contribution in [2.75, 3.05) is 0 Å². The SMILES string of the molecule is CC1(C)c2cc3ccccc3cc2-c2cccc(-c3c4ccccc4c(-c4cccc(-c5cccc6ccccc56)c4)c4ccccc34)c21. The van der Waals surface area contributed by atoms with Crippen LogP contribution >= 0.6 is 0 Å². The minimum absolute atomic E-state index is 0.154. The number of benzene rings is 9. The summed E-state index contributed by atoms with van der Waals surface area (Å²) in [5.74, 6) is 0. The van der Waals surface area contributed by atoms with Gasteiger partial charge in [-0.05, 0) is 117 Å². The molecular weight excluding hydrogens is 589 g/mol. The highest BCUT2D eigenvalue weighted by molar-refractivity contribution is 6.22. The molecule has 0 heteroatoms. The van der Waals surface area contributed by atoms with E-state index in [4.69, 9.17) is 0 Å². The average Bonchev–Trinajstić information content (AvgIpc) is 3.38. The van der Waals surface area contributed by atoms with E-state index in [0.29, 0.717) is 0 Å². The molecule has 0 saturated carbocycles. The molecule has 1 aliphatic carbocycles. The average molecular weight is 623 g/mol. The number of hydrogen-bond donors (Lipinski definition) is 0. The molecule has 0 aromatic heterocycles. The first-order valence-corrected chi connectivity index (χ1v) is 17.3. The molecule has 9 aromatic rings. The summed E-state index contributed by atoms with van der Waals surface area (Å²) in [6.07, 6.45) is 0. The molecule has 0 unspecified atom stereocenters. The van der Waals surface area contributed by atoms with Crippen molar-refractivity contribution in [1.29, 1.82) is 0 Å². The molecule has 1 aliphatic rings. The first-order valence-electron chi connectivity index (χ1n) is 17.3. The van der Waals surface area contributed by atoms with Gasteiger partial charge in [0.25, 0.3) is 0 Å². The highest BCUT2D eigenvalue weighted by atomic mass is 14.4. The quantitative estimate of drug-likeness (QED) is 0.172. The smallest absolute Gasteiger partial charge is 0.0165 e. The van der Waals surface area contributed by atoms with Gasteiger partial charge in [0.1, 0.15) is 0 Å². The Hall–Kier alpha value is -5.98. The standard InChI is InChI=1S/C49H34/c1-49(2)45-30-33-16-4-3-15-32(33)29-44(45)42-26-13-27-43(48(42)49)47-40-23-9-7-21-38(40)46(39-22-8-10-24-41(39)47)35-19-11-18-34(28-35)37-25-12-17-31-14-5-6-20-36(31)37/h3-30H,1-2H3. The fourth-order valence-electron chi connectivity index (χ4n) is 8.82. The number of hydrogen-bond acceptors (Lipinski definition) is 0. The summed E-state index contributed by atoms with van der Waals surface area (Å²) >= 11 is 0. The van der Waals surface area contributed by atoms with Crippen LogP contribution in [0.1, 0.15) is 25.0 Å². The fraction of sp³-hybridized carbons (Fsp3) is 0.0612. The third kappa shape index (κ3) is 4.11. The van der Waals surface area contributed by atoms with Gasteiger partial charge < -0.3 is 0 Å². The van der Waals surface area contributed by atoms with Crippen LogP contribution in [0.15, 0.2) is 170 Å². The van der Waals surface area contributed by atoms with Crippen molar-refractivity contribution in [3.8, 4) is 44.5 Å². The third-order valence-electron chi connectivity index (χ3n) is 11.0. The lowest BCUT2D eigenvalue weighted by atomic mass is 9.76. The molecule has 0 fully saturated rings. The van der Waals surface area contributed by atoms with Crippen molar-refractivity contribution in [3.05, 3.63) is 181 Å². The predicted octanol–water partition coefficient (Wildman–Crippen LogP) is 13.6. The Labute approximate surface area is 286 Å². The topological polar surface area (TPSA) is 0 Å². The molecule has 0 bridgehead atoms. The molecule has 0 saturated heterocycles. The molecule has 230 valence electrons. The second kappa shape index (κ2) is 10.5. The Morgan fingerprint density at radius 3 is 1.53 bits per heavy atom. The van der Waals surface area contributed by atoms with Crippen molar-refractivity contribution >= 4 is 43.1 Å². The molecule has 0 radical (unpaired) electrons. The summed E-state index contributed by atoms with van der Waals surface area (Å²) in [6.45, 7) is 4.82. The van der Waals surface area contributed by atoms with E-state index in [2.05, 4.69) is 184 Å². The van der Waals surface area contributed by atoms with Crippen LogP contribution in [0.2, 0.25) is 0 Å². The summed E-state index contributed by atoms with van der Waals surface area (Å²) in [6, 6.07) is 63.1. The number of fused-ring (bicyclic) bond motifs is 7. The van der Waals surface area contributed by atoms with Gasteiger partial charge in [-0.1, -0.05) is 166 Å². The molecular formula is C49H34. The minimum Gasteiger partial charge on any atom is -0.0616 e. The zero-order valence-electron chi connectivity index (χ0n) is 27.7. The van der Waals surface area contributed by atoms with Gasteiger partial charge in [0, 0.05) is 5.41 Å². The maximum Gasteiger partial charge on any atom is 0.0165 e. The van der Waals surface area contributed by atoms with E-state index >= 15 is 0 Å². The molecule has 0 spiro atoms. The van der Waals surface area contributed by atoms with E-state index in [9.17, 15) is 0 Å². The predicted molar refractivity (Wildman–Crippen MR) is 210 cm³/mol. The van der Waals surface area contributed by atoms with Gasteiger partial charge in [0.05, 0.1) is 0 Å². The summed E-state index contributed by atoms with van der Waals surface area (Å²) in [5.41, 5.74) is 13.1. The second-order valence-electron chi connectivity index (χ2n) is 14.0. The summed E-state index contributed by atoms with van der Waals surface area (Å²) < 4.78 is 0. The second-order valence-corrected chi connectivity index (χ2v) is 14.0. The minimum atomic E-state index is -0.154. The van der Waals surface area contributed by atoms with Crippen molar-refractivity contribution in [3.63, 3.8) is 0 Å². The van der Waals surface area contributed by atoms with Gasteiger partial charge in [-0.3, -0.25) is 0 Å². The molecule has 0 N–H and O–H groups in total. The van der Waals surface area contributed by atoms with Gasteiger partial charge in [0.15, 0.2) is 0 Å². The van der Waals surface area contributed by atoms with Crippen molar-refractivity contribution in [2.24, 2.45) is 0 Å². The van der Waals surface area contributed by atoms with Crippen molar-refractivity contribution < 1.29 is 0 Å². The summed E-state index contributed by atoms with van der Waals surface area (Å²) in [7, 11) is 0. The Bertz CT molecular complexity index is 2730. The van der Waals surface area contributed by atoms with E-state index in [1.807, 2.05) is 0 Å². The van der Waals surface area contributed by atoms with Crippen LogP contribution in [0.5, 0.6) is 0 Å². The van der Waals surface area contributed by atoms with E-state index < -0.39 is 0 Å². The molecule has 0 amide bonds. The van der Waals surface area contributed by atoms with Crippen LogP contribution in [0, 0.1) is 0 Å². The van der Waals surface area contributed by atoms with Gasteiger partial charge in [-0.15, -0.1) is 0 Å². The van der Waals surface area contributed by atoms with E-state index in [0.717, 1.165) is 0 Å². The summed E-state index contributed by atoms with van der Waals surface area (Å²) in [4.78, 5) is 0. The van der Waals surface area contributed by atoms with Gasteiger partial charge in [-0.2, -0.15) is 0 Å². The summed E-state index contributed by atoms with van der Waals surface area (Å²) in [5, 5.41) is 10.3. The third-order valence-corrected chi connectivity index (χ3v) is 11.0. The number of rotatable bonds is 3. The Morgan fingerprint density at radius 1 is 0.327 bits per heavy atom. The lowest BCUT2D eigenvalue weighted by Crippen LogP contribution is -2.16. The zero-order chi connectivity index (χ0) is 32.7. The van der Waals surface area contributed by atoms with Gasteiger partial charge in [0.2, 0.25) is 0 Å². The highest BCUT2D eigenvalue weighted by Gasteiger charge is 2.38. The fourth-order valence-corrected chi connectivity index (χ4v) is 8.82. The molecule has 0 atom stereocenters. The first kappa shape index (κ1) is 28.1. The lowest BCUT2D eigenvalue weighted by molar-refractivity contribution is 0.663. The normalized spacial score (nSPS) is 13.3. The zero-order valence-corrected chi connectivity index (χ0v) is 27.7. The first-order chi connectivity index (χ1) is 24.1. The highest BCUT2D eigenvalue weighted by Crippen LogP contribution is 2.55. The van der Waals surface area contributed by atoms with Crippen LogP contribution < -0.4 is 0 Å². The van der Waals surface area contributed by atoms with E-state index in [1.54, 1.807) is 0 Å². The molecule has 0 heterocycles. The molecule has 10 rings (SSSR count). The Kier molecular flexibility index (Phi) is 6.02. The molecule has 49 heavy (non-hydrogen) atoms. The van der Waals surface area contributed by atoms with Gasteiger partial charge >= 0.3 is 0 Å². The van der Waals surface area contributed by atoms with Gasteiger partial charge in [-0.25, -0.2) is 0 Å². The molecule has 0 aliphatic heterocycles. The Balaban J connectivity index is 1.25. The lowest BCUT2D eigenvalue weighted by Gasteiger charge is -2.26. The van der Waals surface area contributed by atoms with E-state index in [-0.39, 0.29) is 5.41 Å². The van der Waals surface area contributed by atoms with Crippen LogP contribution in [0.3, 0.4) is 0 Å². The molecule has 0 nitrogen and oxygen atoms in total. The van der Waals surface area contributed by atoms with Crippen molar-refractivity contribution in [1.82, 2.24) is 0 Å². The van der Waals surface area contributed by atoms with Crippen LogP contribution in [0.4, 0.5) is 0 Å². The monoisotopic (exact) mass is 622 g/mol. The van der Waals surface area contributed by atoms with Crippen molar-refractivity contribution in [2.45, 2.75) is 19.3 Å². The van der Waals surface area contributed by atoms with Crippen LogP contribution in [-0.4, -0.2) is 0 Å². The molecule has 9 aromatic carbocycles. The largest absolute Gasteiger partial charge is 0.0616 e. The maximum absolute atomic E-state index is 2.43. The van der Waals surface area contributed by atoms with Crippen LogP contribution in [-0.2, 0) is 5.41 Å². The van der Waals surface area contributed by atoms with E-state index in [1.165, 1.54) is 98.7 Å². The maximum atomic E-state index is 2.43. The van der Waals surface area contributed by atoms with Crippen LogP contribution in [0.25, 0.3) is 87.6 Å².